The molecule has 126 valence electrons. The monoisotopic (exact) mass is 323 g/mol. The predicted molar refractivity (Wildman–Crippen MR) is 99.7 cm³/mol. The Morgan fingerprint density at radius 2 is 1.88 bits per heavy atom. The van der Waals surface area contributed by atoms with Gasteiger partial charge in [-0.05, 0) is 78.6 Å². The number of ether oxygens (including phenoxy) is 1. The molecule has 2 aromatic rings. The first-order valence-corrected chi connectivity index (χ1v) is 8.50. The fourth-order valence-electron chi connectivity index (χ4n) is 3.54. The van der Waals surface area contributed by atoms with Gasteiger partial charge in [-0.25, -0.2) is 0 Å². The van der Waals surface area contributed by atoms with Crippen molar-refractivity contribution in [2.24, 2.45) is 0 Å². The van der Waals surface area contributed by atoms with Crippen molar-refractivity contribution in [2.75, 3.05) is 12.4 Å². The third-order valence-electron chi connectivity index (χ3n) is 5.00. The molecule has 0 aromatic heterocycles. The largest absolute Gasteiger partial charge is 0.493 e. The van der Waals surface area contributed by atoms with Crippen LogP contribution in [0, 0.1) is 6.92 Å². The summed E-state index contributed by atoms with van der Waals surface area (Å²) in [5.41, 5.74) is 6.25. The number of rotatable bonds is 3. The highest BCUT2D eigenvalue weighted by Crippen LogP contribution is 2.39. The van der Waals surface area contributed by atoms with E-state index in [2.05, 4.69) is 38.2 Å². The first kappa shape index (κ1) is 16.6. The van der Waals surface area contributed by atoms with Crippen molar-refractivity contribution in [3.8, 4) is 5.75 Å². The number of nitrogens with one attached hydrogen (secondary N) is 1. The van der Waals surface area contributed by atoms with Crippen LogP contribution in [0.1, 0.15) is 43.4 Å². The summed E-state index contributed by atoms with van der Waals surface area (Å²) in [6, 6.07) is 11.5. The molecule has 0 heterocycles. The highest BCUT2D eigenvalue weighted by molar-refractivity contribution is 5.65. The topological polar surface area (TPSA) is 38.3 Å². The maximum atomic E-state index is 11.8. The van der Waals surface area contributed by atoms with Gasteiger partial charge >= 0.3 is 0 Å². The molecule has 1 aliphatic carbocycles. The van der Waals surface area contributed by atoms with Crippen molar-refractivity contribution >= 4 is 11.4 Å². The minimum absolute atomic E-state index is 0.116. The number of hydrogen-bond acceptors (Lipinski definition) is 3. The van der Waals surface area contributed by atoms with Gasteiger partial charge in [-0.3, -0.25) is 4.79 Å². The standard InChI is InChI=1S/C21H25NO2/c1-14-12-17-15(6-5-11-21(17,2)3)13-18(14)22-16-7-9-19(23)20(24-4)10-8-16/h7-10,12-13,22H,5-6,11H2,1-4H3. The summed E-state index contributed by atoms with van der Waals surface area (Å²) in [5, 5.41) is 3.45. The molecule has 0 atom stereocenters. The lowest BCUT2D eigenvalue weighted by atomic mass is 9.72. The zero-order chi connectivity index (χ0) is 17.3. The highest BCUT2D eigenvalue weighted by atomic mass is 16.5. The van der Waals surface area contributed by atoms with Gasteiger partial charge in [0.25, 0.3) is 0 Å². The lowest BCUT2D eigenvalue weighted by Gasteiger charge is -2.33. The second kappa shape index (κ2) is 6.31. The molecule has 0 bridgehead atoms. The Bertz CT molecular complexity index is 824. The van der Waals surface area contributed by atoms with Gasteiger partial charge in [0.15, 0.2) is 5.75 Å². The van der Waals surface area contributed by atoms with Crippen molar-refractivity contribution in [3.63, 3.8) is 0 Å². The van der Waals surface area contributed by atoms with E-state index < -0.39 is 0 Å². The van der Waals surface area contributed by atoms with Crippen LogP contribution < -0.4 is 15.5 Å². The SMILES string of the molecule is COc1ccc(Nc2cc3c(cc2C)C(C)(C)CCC3)ccc1=O. The van der Waals surface area contributed by atoms with Crippen LogP contribution in [0.25, 0.3) is 0 Å². The summed E-state index contributed by atoms with van der Waals surface area (Å²) in [6.45, 7) is 6.80. The number of anilines is 2. The maximum Gasteiger partial charge on any atom is 0.220 e. The van der Waals surface area contributed by atoms with Crippen LogP contribution in [0.5, 0.6) is 5.75 Å². The van der Waals surface area contributed by atoms with Crippen molar-refractivity contribution in [1.82, 2.24) is 0 Å². The predicted octanol–water partition coefficient (Wildman–Crippen LogP) is 4.72. The fraction of sp³-hybridized carbons (Fsp3) is 0.381. The summed E-state index contributed by atoms with van der Waals surface area (Å²) >= 11 is 0. The molecule has 0 radical (unpaired) electrons. The molecule has 0 spiro atoms. The van der Waals surface area contributed by atoms with E-state index in [0.717, 1.165) is 17.8 Å². The van der Waals surface area contributed by atoms with Crippen LogP contribution in [0.2, 0.25) is 0 Å². The van der Waals surface area contributed by atoms with Crippen molar-refractivity contribution in [1.29, 1.82) is 0 Å². The minimum Gasteiger partial charge on any atom is -0.493 e. The number of aryl methyl sites for hydroxylation is 2. The van der Waals surface area contributed by atoms with Gasteiger partial charge in [0.2, 0.25) is 5.43 Å². The van der Waals surface area contributed by atoms with Crippen LogP contribution in [0.4, 0.5) is 11.4 Å². The zero-order valence-corrected chi connectivity index (χ0v) is 14.9. The Kier molecular flexibility index (Phi) is 4.35. The summed E-state index contributed by atoms with van der Waals surface area (Å²) in [4.78, 5) is 11.8. The summed E-state index contributed by atoms with van der Waals surface area (Å²) in [6.07, 6.45) is 3.61. The highest BCUT2D eigenvalue weighted by Gasteiger charge is 2.27. The maximum absolute atomic E-state index is 11.8. The van der Waals surface area contributed by atoms with Gasteiger partial charge in [-0.2, -0.15) is 0 Å². The second-order valence-corrected chi connectivity index (χ2v) is 7.24. The number of hydrogen-bond donors (Lipinski definition) is 1. The van der Waals surface area contributed by atoms with Gasteiger partial charge in [-0.1, -0.05) is 19.9 Å². The van der Waals surface area contributed by atoms with E-state index in [1.54, 1.807) is 12.1 Å². The number of methoxy groups -OCH3 is 1. The van der Waals surface area contributed by atoms with Gasteiger partial charge < -0.3 is 10.1 Å². The second-order valence-electron chi connectivity index (χ2n) is 7.24. The molecule has 24 heavy (non-hydrogen) atoms. The molecule has 1 N–H and O–H groups in total. The molecule has 0 aliphatic heterocycles. The van der Waals surface area contributed by atoms with Crippen LogP contribution in [0.15, 0.2) is 41.2 Å². The van der Waals surface area contributed by atoms with E-state index >= 15 is 0 Å². The Hall–Kier alpha value is -2.29. The third-order valence-corrected chi connectivity index (χ3v) is 5.00. The molecule has 3 heteroatoms. The molecule has 1 aliphatic rings. The van der Waals surface area contributed by atoms with E-state index in [1.807, 2.05) is 6.07 Å². The van der Waals surface area contributed by atoms with Crippen molar-refractivity contribution in [2.45, 2.75) is 45.4 Å². The van der Waals surface area contributed by atoms with E-state index in [9.17, 15) is 4.79 Å². The molecule has 3 rings (SSSR count). The van der Waals surface area contributed by atoms with E-state index in [1.165, 1.54) is 42.7 Å². The Balaban J connectivity index is 1.97. The molecule has 0 unspecified atom stereocenters. The average molecular weight is 323 g/mol. The molecular formula is C21H25NO2. The van der Waals surface area contributed by atoms with Gasteiger partial charge in [0, 0.05) is 11.4 Å². The number of fused-ring (bicyclic) bond motifs is 1. The van der Waals surface area contributed by atoms with Crippen molar-refractivity contribution in [3.05, 3.63) is 63.3 Å². The molecule has 3 nitrogen and oxygen atoms in total. The third kappa shape index (κ3) is 3.16. The van der Waals surface area contributed by atoms with Gasteiger partial charge in [-0.15, -0.1) is 0 Å². The molecule has 0 amide bonds. The summed E-state index contributed by atoms with van der Waals surface area (Å²) in [5.74, 6) is 0.354. The van der Waals surface area contributed by atoms with Crippen LogP contribution in [-0.4, -0.2) is 7.11 Å². The van der Waals surface area contributed by atoms with E-state index in [-0.39, 0.29) is 10.8 Å². The summed E-state index contributed by atoms with van der Waals surface area (Å²) in [7, 11) is 1.51. The fourth-order valence-corrected chi connectivity index (χ4v) is 3.54. The molecule has 0 saturated heterocycles. The number of benzene rings is 1. The Morgan fingerprint density at radius 1 is 1.12 bits per heavy atom. The minimum atomic E-state index is -0.116. The Labute approximate surface area is 143 Å². The molecule has 2 aromatic carbocycles. The summed E-state index contributed by atoms with van der Waals surface area (Å²) < 4.78 is 5.09. The first-order valence-electron chi connectivity index (χ1n) is 8.50. The molecule has 0 fully saturated rings. The smallest absolute Gasteiger partial charge is 0.220 e. The van der Waals surface area contributed by atoms with E-state index in [0.29, 0.717) is 5.75 Å². The Morgan fingerprint density at radius 3 is 2.62 bits per heavy atom. The lowest BCUT2D eigenvalue weighted by molar-refractivity contribution is 0.411. The van der Waals surface area contributed by atoms with Gasteiger partial charge in [0.1, 0.15) is 0 Å². The van der Waals surface area contributed by atoms with Crippen LogP contribution in [-0.2, 0) is 11.8 Å². The van der Waals surface area contributed by atoms with Crippen molar-refractivity contribution < 1.29 is 4.74 Å². The van der Waals surface area contributed by atoms with Gasteiger partial charge in [0.05, 0.1) is 7.11 Å². The molecular weight excluding hydrogens is 298 g/mol. The van der Waals surface area contributed by atoms with Crippen LogP contribution in [0.3, 0.4) is 0 Å². The lowest BCUT2D eigenvalue weighted by Crippen LogP contribution is -2.24. The average Bonchev–Trinajstić information content (AvgIpc) is 2.71. The quantitative estimate of drug-likeness (QED) is 0.888. The zero-order valence-electron chi connectivity index (χ0n) is 14.9. The van der Waals surface area contributed by atoms with E-state index in [4.69, 9.17) is 4.74 Å². The molecule has 0 saturated carbocycles. The first-order chi connectivity index (χ1) is 11.4. The van der Waals surface area contributed by atoms with Crippen LogP contribution >= 0.6 is 0 Å². The normalized spacial score (nSPS) is 15.5.